The SMILES string of the molecule is CN(C)c1ccnc2c(C(=O)NC3=C/[N+](=C/C4CCC(CN(C)C5CCN(c6cccc7c6n(C)c(=O)n7C6CCC(=O)NC6=O)CC5)CC4)N=C3C(F)F)cnn12. The largest absolute Gasteiger partial charge is 0.370 e. The first-order valence-corrected chi connectivity index (χ1v) is 19.9. The molecule has 3 fully saturated rings. The highest BCUT2D eigenvalue weighted by atomic mass is 19.3. The Morgan fingerprint density at radius 2 is 1.81 bits per heavy atom. The number of aromatic nitrogens is 5. The number of nitrogens with one attached hydrogen (secondary N) is 2. The van der Waals surface area contributed by atoms with Crippen molar-refractivity contribution in [1.82, 2.24) is 39.3 Å². The number of amides is 3. The summed E-state index contributed by atoms with van der Waals surface area (Å²) in [6.45, 7) is 2.63. The average molecular weight is 800 g/mol. The number of carbonyl (C=O) groups excluding carboxylic acids is 3. The predicted molar refractivity (Wildman–Crippen MR) is 215 cm³/mol. The van der Waals surface area contributed by atoms with Crippen LogP contribution in [0, 0.1) is 11.8 Å². The van der Waals surface area contributed by atoms with Gasteiger partial charge in [0.05, 0.1) is 22.9 Å². The van der Waals surface area contributed by atoms with E-state index >= 15 is 0 Å². The Kier molecular flexibility index (Phi) is 10.7. The second-order valence-corrected chi connectivity index (χ2v) is 16.1. The van der Waals surface area contributed by atoms with Gasteiger partial charge in [-0.1, -0.05) is 10.8 Å². The van der Waals surface area contributed by atoms with E-state index in [1.165, 1.54) is 26.2 Å². The molecule has 3 aromatic heterocycles. The topological polar surface area (TPSA) is 157 Å². The molecule has 3 aliphatic heterocycles. The summed E-state index contributed by atoms with van der Waals surface area (Å²) in [6.07, 6.45) is 9.66. The summed E-state index contributed by atoms with van der Waals surface area (Å²) in [5.41, 5.74) is 2.12. The molecule has 58 heavy (non-hydrogen) atoms. The highest BCUT2D eigenvalue weighted by Crippen LogP contribution is 2.33. The number of hydrazone groups is 1. The molecule has 2 N–H and O–H groups in total. The molecule has 8 rings (SSSR count). The van der Waals surface area contributed by atoms with E-state index in [9.17, 15) is 28.0 Å². The molecular formula is C40H49F2N12O4+. The number of benzene rings is 1. The number of allylic oxidation sites excluding steroid dienone is 1. The van der Waals surface area contributed by atoms with Gasteiger partial charge in [-0.2, -0.15) is 9.61 Å². The van der Waals surface area contributed by atoms with Crippen LogP contribution in [0.15, 0.2) is 58.5 Å². The molecule has 4 aliphatic rings. The maximum atomic E-state index is 14.1. The lowest BCUT2D eigenvalue weighted by molar-refractivity contribution is -0.456. The van der Waals surface area contributed by atoms with Gasteiger partial charge < -0.3 is 20.0 Å². The predicted octanol–water partition coefficient (Wildman–Crippen LogP) is 3.12. The highest BCUT2D eigenvalue weighted by Gasteiger charge is 2.35. The van der Waals surface area contributed by atoms with Crippen LogP contribution in [0.2, 0.25) is 0 Å². The monoisotopic (exact) mass is 799 g/mol. The first-order chi connectivity index (χ1) is 27.9. The Hall–Kier alpha value is -5.78. The van der Waals surface area contributed by atoms with Gasteiger partial charge in [0.2, 0.25) is 23.7 Å². The van der Waals surface area contributed by atoms with Gasteiger partial charge in [0.1, 0.15) is 23.1 Å². The minimum Gasteiger partial charge on any atom is -0.370 e. The van der Waals surface area contributed by atoms with E-state index in [4.69, 9.17) is 0 Å². The van der Waals surface area contributed by atoms with Crippen molar-refractivity contribution in [3.63, 3.8) is 0 Å². The molecule has 1 aromatic carbocycles. The number of imide groups is 1. The van der Waals surface area contributed by atoms with Crippen LogP contribution in [0.5, 0.6) is 0 Å². The van der Waals surface area contributed by atoms with E-state index in [-0.39, 0.29) is 35.2 Å². The van der Waals surface area contributed by atoms with Gasteiger partial charge in [0.15, 0.2) is 11.9 Å². The van der Waals surface area contributed by atoms with Crippen LogP contribution in [0.3, 0.4) is 0 Å². The molecule has 1 aliphatic carbocycles. The quantitative estimate of drug-likeness (QED) is 0.182. The lowest BCUT2D eigenvalue weighted by Gasteiger charge is -2.40. The molecule has 306 valence electrons. The molecule has 18 heteroatoms. The minimum atomic E-state index is -2.88. The Balaban J connectivity index is 0.856. The molecule has 0 bridgehead atoms. The van der Waals surface area contributed by atoms with Crippen molar-refractivity contribution in [3.8, 4) is 0 Å². The molecule has 4 aromatic rings. The summed E-state index contributed by atoms with van der Waals surface area (Å²) in [5, 5.41) is 13.4. The average Bonchev–Trinajstić information content (AvgIpc) is 3.89. The zero-order chi connectivity index (χ0) is 40.8. The highest BCUT2D eigenvalue weighted by molar-refractivity contribution is 6.09. The molecule has 0 spiro atoms. The number of imidazole rings is 1. The molecule has 1 unspecified atom stereocenters. The fourth-order valence-electron chi connectivity index (χ4n) is 9.05. The van der Waals surface area contributed by atoms with Crippen LogP contribution in [0.1, 0.15) is 67.8 Å². The van der Waals surface area contributed by atoms with Gasteiger partial charge in [0.25, 0.3) is 12.3 Å². The summed E-state index contributed by atoms with van der Waals surface area (Å²) >= 11 is 0. The standard InChI is InChI=1S/C40H48F2N12O4/c1-48(2)33-14-17-43-37-27(20-44-54(33)37)38(56)45-28-23-52(47-34(28)36(41)42)22-25-10-8-24(9-11-25)21-49(3)26-15-18-51(19-16-26)29-6-5-7-30-35(29)50(4)40(58)53(30)31-12-13-32(55)46-39(31)57/h5-7,14,17,20,22-26,31,36H,8-13,15-16,18-19,21H2,1-4H3,(H-,45,46,55,56,57)/p+1/b52-22-. The van der Waals surface area contributed by atoms with Crippen molar-refractivity contribution in [3.05, 3.63) is 64.6 Å². The number of fused-ring (bicyclic) bond motifs is 2. The van der Waals surface area contributed by atoms with E-state index < -0.39 is 30.0 Å². The maximum absolute atomic E-state index is 14.1. The molecule has 3 amide bonds. The molecular weight excluding hydrogens is 751 g/mol. The molecule has 1 atom stereocenters. The number of halogens is 2. The lowest BCUT2D eigenvalue weighted by atomic mass is 9.82. The number of carbonyl (C=O) groups is 3. The van der Waals surface area contributed by atoms with E-state index in [0.29, 0.717) is 35.4 Å². The van der Waals surface area contributed by atoms with Gasteiger partial charge >= 0.3 is 5.69 Å². The maximum Gasteiger partial charge on any atom is 0.329 e. The number of hydrogen-bond donors (Lipinski definition) is 2. The fourth-order valence-corrected chi connectivity index (χ4v) is 9.05. The van der Waals surface area contributed by atoms with Crippen molar-refractivity contribution in [2.24, 2.45) is 24.0 Å². The number of alkyl halides is 2. The molecule has 1 saturated carbocycles. The summed E-state index contributed by atoms with van der Waals surface area (Å²) in [5.74, 6) is 0.0369. The number of anilines is 2. The Morgan fingerprint density at radius 3 is 2.52 bits per heavy atom. The summed E-state index contributed by atoms with van der Waals surface area (Å²) in [6, 6.07) is 7.28. The van der Waals surface area contributed by atoms with E-state index in [1.807, 2.05) is 43.4 Å². The first-order valence-electron chi connectivity index (χ1n) is 19.9. The first kappa shape index (κ1) is 39.1. The van der Waals surface area contributed by atoms with Crippen LogP contribution in [0.4, 0.5) is 20.3 Å². The Labute approximate surface area is 333 Å². The normalized spacial score (nSPS) is 22.7. The van der Waals surface area contributed by atoms with E-state index in [1.54, 1.807) is 23.9 Å². The summed E-state index contributed by atoms with van der Waals surface area (Å²) in [7, 11) is 7.62. The van der Waals surface area contributed by atoms with Gasteiger partial charge in [0, 0.05) is 70.5 Å². The second kappa shape index (κ2) is 15.9. The summed E-state index contributed by atoms with van der Waals surface area (Å²) in [4.78, 5) is 62.1. The molecule has 6 heterocycles. The molecule has 2 saturated heterocycles. The Bertz CT molecular complexity index is 2410. The van der Waals surface area contributed by atoms with Crippen LogP contribution in [-0.2, 0) is 16.6 Å². The van der Waals surface area contributed by atoms with Gasteiger partial charge in [-0.05, 0) is 76.1 Å². The van der Waals surface area contributed by atoms with Crippen LogP contribution >= 0.6 is 0 Å². The third kappa shape index (κ3) is 7.40. The smallest absolute Gasteiger partial charge is 0.329 e. The summed E-state index contributed by atoms with van der Waals surface area (Å²) < 4.78 is 34.3. The van der Waals surface area contributed by atoms with Gasteiger partial charge in [-0.15, -0.1) is 0 Å². The van der Waals surface area contributed by atoms with Crippen LogP contribution in [-0.4, -0.2) is 116 Å². The number of nitrogens with zero attached hydrogens (tertiary/aromatic N) is 10. The number of hydrogen-bond acceptors (Lipinski definition) is 10. The third-order valence-corrected chi connectivity index (χ3v) is 12.1. The fraction of sp³-hybridized carbons (Fsp3) is 0.500. The number of piperidine rings is 2. The van der Waals surface area contributed by atoms with Gasteiger partial charge in [-0.25, -0.2) is 18.6 Å². The van der Waals surface area contributed by atoms with Crippen molar-refractivity contribution in [1.29, 1.82) is 0 Å². The number of para-hydroxylation sites is 1. The number of rotatable bonds is 10. The van der Waals surface area contributed by atoms with E-state index in [0.717, 1.165) is 69.4 Å². The zero-order valence-corrected chi connectivity index (χ0v) is 33.1. The lowest BCUT2D eigenvalue weighted by Crippen LogP contribution is -2.45. The van der Waals surface area contributed by atoms with Crippen molar-refractivity contribution >= 4 is 57.8 Å². The molecule has 16 nitrogen and oxygen atoms in total. The minimum absolute atomic E-state index is 0.0490. The Morgan fingerprint density at radius 1 is 1.05 bits per heavy atom. The second-order valence-electron chi connectivity index (χ2n) is 16.1. The van der Waals surface area contributed by atoms with Gasteiger partial charge in [-0.3, -0.25) is 28.8 Å². The zero-order valence-electron chi connectivity index (χ0n) is 33.1. The van der Waals surface area contributed by atoms with E-state index in [2.05, 4.69) is 42.7 Å². The van der Waals surface area contributed by atoms with Crippen molar-refractivity contribution < 1.29 is 27.8 Å². The third-order valence-electron chi connectivity index (χ3n) is 12.1. The van der Waals surface area contributed by atoms with Crippen molar-refractivity contribution in [2.75, 3.05) is 50.6 Å². The molecule has 0 radical (unpaired) electrons. The van der Waals surface area contributed by atoms with Crippen LogP contribution < -0.4 is 26.1 Å². The number of aryl methyl sites for hydroxylation is 1. The van der Waals surface area contributed by atoms with Crippen molar-refractivity contribution in [2.45, 2.75) is 69.9 Å². The van der Waals surface area contributed by atoms with Crippen LogP contribution in [0.25, 0.3) is 16.7 Å².